The molecule has 0 aromatic carbocycles. The molecule has 21 heavy (non-hydrogen) atoms. The van der Waals surface area contributed by atoms with E-state index in [1.165, 1.54) is 0 Å². The molecule has 1 N–H and O–H groups in total. The fourth-order valence-electron chi connectivity index (χ4n) is 3.17. The van der Waals surface area contributed by atoms with Gasteiger partial charge in [0, 0.05) is 45.3 Å². The Kier molecular flexibility index (Phi) is 5.41. The van der Waals surface area contributed by atoms with E-state index in [1.807, 2.05) is 28.8 Å². The molecular weight excluding hydrogens is 272 g/mol. The lowest BCUT2D eigenvalue weighted by Gasteiger charge is -2.38. The summed E-state index contributed by atoms with van der Waals surface area (Å²) in [5, 5.41) is 8.80. The van der Waals surface area contributed by atoms with Crippen molar-refractivity contribution in [3.8, 4) is 0 Å². The number of carbonyl (C=O) groups excluding carboxylic acids is 1. The zero-order valence-electron chi connectivity index (χ0n) is 13.0. The Hall–Kier alpha value is -1.34. The summed E-state index contributed by atoms with van der Waals surface area (Å²) in [6, 6.07) is 0.430. The van der Waals surface area contributed by atoms with E-state index < -0.39 is 5.97 Å². The van der Waals surface area contributed by atoms with E-state index in [9.17, 15) is 9.59 Å². The number of amides is 2. The summed E-state index contributed by atoms with van der Waals surface area (Å²) < 4.78 is 0. The third-order valence-corrected chi connectivity index (χ3v) is 4.20. The molecule has 0 aromatic heterocycles. The molecule has 2 amide bonds. The average molecular weight is 298 g/mol. The van der Waals surface area contributed by atoms with Crippen LogP contribution in [0.25, 0.3) is 0 Å². The molecule has 0 bridgehead atoms. The van der Waals surface area contributed by atoms with E-state index in [0.717, 1.165) is 25.9 Å². The van der Waals surface area contributed by atoms with Gasteiger partial charge in [0.2, 0.25) is 0 Å². The highest BCUT2D eigenvalue weighted by molar-refractivity contribution is 5.75. The minimum Gasteiger partial charge on any atom is -0.480 e. The van der Waals surface area contributed by atoms with Gasteiger partial charge in [-0.25, -0.2) is 4.79 Å². The van der Waals surface area contributed by atoms with E-state index in [4.69, 9.17) is 5.11 Å². The summed E-state index contributed by atoms with van der Waals surface area (Å²) in [6.07, 6.45) is 2.14. The van der Waals surface area contributed by atoms with E-state index in [2.05, 4.69) is 4.90 Å². The highest BCUT2D eigenvalue weighted by Gasteiger charge is 2.33. The Labute approximate surface area is 126 Å². The predicted octanol–water partition coefficient (Wildman–Crippen LogP) is -0.165. The molecule has 2 saturated heterocycles. The number of carboxylic acid groups (broad SMARTS) is 1. The summed E-state index contributed by atoms with van der Waals surface area (Å²) in [5.41, 5.74) is 0. The number of hydrogen-bond donors (Lipinski definition) is 1. The Balaban J connectivity index is 1.85. The number of carbonyl (C=O) groups is 2. The molecule has 2 aliphatic rings. The van der Waals surface area contributed by atoms with Gasteiger partial charge in [-0.15, -0.1) is 0 Å². The van der Waals surface area contributed by atoms with Crippen molar-refractivity contribution in [1.82, 2.24) is 19.6 Å². The Morgan fingerprint density at radius 1 is 1.14 bits per heavy atom. The van der Waals surface area contributed by atoms with Crippen LogP contribution in [0, 0.1) is 0 Å². The van der Waals surface area contributed by atoms with Crippen molar-refractivity contribution >= 4 is 12.0 Å². The molecule has 0 aromatic rings. The topological polar surface area (TPSA) is 67.3 Å². The molecule has 2 aliphatic heterocycles. The molecule has 2 heterocycles. The van der Waals surface area contributed by atoms with Crippen LogP contribution in [-0.2, 0) is 4.79 Å². The van der Waals surface area contributed by atoms with Crippen molar-refractivity contribution in [3.63, 3.8) is 0 Å². The zero-order chi connectivity index (χ0) is 15.4. The van der Waals surface area contributed by atoms with E-state index >= 15 is 0 Å². The highest BCUT2D eigenvalue weighted by Crippen LogP contribution is 2.20. The number of carboxylic acids is 1. The summed E-state index contributed by atoms with van der Waals surface area (Å²) in [5.74, 6) is -0.805. The number of rotatable bonds is 4. The zero-order valence-corrected chi connectivity index (χ0v) is 13.0. The smallest absolute Gasteiger partial charge is 0.320 e. The number of likely N-dealkylation sites (N-methyl/N-ethyl adjacent to an activating group) is 1. The van der Waals surface area contributed by atoms with Gasteiger partial charge in [-0.3, -0.25) is 9.69 Å². The van der Waals surface area contributed by atoms with Gasteiger partial charge in [-0.1, -0.05) is 0 Å². The maximum atomic E-state index is 12.6. The van der Waals surface area contributed by atoms with Gasteiger partial charge in [0.15, 0.2) is 0 Å². The van der Waals surface area contributed by atoms with Gasteiger partial charge in [0.25, 0.3) is 0 Å². The van der Waals surface area contributed by atoms with E-state index in [-0.39, 0.29) is 12.6 Å². The third kappa shape index (κ3) is 4.31. The van der Waals surface area contributed by atoms with Crippen LogP contribution in [0.4, 0.5) is 4.79 Å². The molecule has 0 saturated carbocycles. The summed E-state index contributed by atoms with van der Waals surface area (Å²) in [6.45, 7) is 4.34. The van der Waals surface area contributed by atoms with Crippen LogP contribution in [0.15, 0.2) is 0 Å². The van der Waals surface area contributed by atoms with E-state index in [1.54, 1.807) is 0 Å². The van der Waals surface area contributed by atoms with Gasteiger partial charge in [0.05, 0.1) is 6.54 Å². The van der Waals surface area contributed by atoms with Crippen LogP contribution in [0.5, 0.6) is 0 Å². The molecule has 7 nitrogen and oxygen atoms in total. The molecule has 7 heteroatoms. The predicted molar refractivity (Wildman–Crippen MR) is 79.3 cm³/mol. The monoisotopic (exact) mass is 298 g/mol. The van der Waals surface area contributed by atoms with Crippen LogP contribution in [0.3, 0.4) is 0 Å². The number of nitrogens with zero attached hydrogens (tertiary/aromatic N) is 4. The first-order chi connectivity index (χ1) is 9.97. The Morgan fingerprint density at radius 2 is 1.81 bits per heavy atom. The van der Waals surface area contributed by atoms with Gasteiger partial charge < -0.3 is 19.8 Å². The molecular formula is C14H26N4O3. The SMILES string of the molecule is CN(C)CC1CCCN1C(=O)N1CCN(CC(=O)O)CC1. The van der Waals surface area contributed by atoms with Crippen molar-refractivity contribution in [2.45, 2.75) is 18.9 Å². The van der Waals surface area contributed by atoms with Gasteiger partial charge in [-0.05, 0) is 26.9 Å². The van der Waals surface area contributed by atoms with Gasteiger partial charge >= 0.3 is 12.0 Å². The highest BCUT2D eigenvalue weighted by atomic mass is 16.4. The maximum Gasteiger partial charge on any atom is 0.320 e. The molecule has 2 fully saturated rings. The number of urea groups is 1. The fourth-order valence-corrected chi connectivity index (χ4v) is 3.17. The summed E-state index contributed by atoms with van der Waals surface area (Å²) >= 11 is 0. The first-order valence-electron chi connectivity index (χ1n) is 7.62. The van der Waals surface area contributed by atoms with Gasteiger partial charge in [-0.2, -0.15) is 0 Å². The first-order valence-corrected chi connectivity index (χ1v) is 7.62. The molecule has 120 valence electrons. The van der Waals surface area contributed by atoms with Crippen LogP contribution in [0.1, 0.15) is 12.8 Å². The maximum absolute atomic E-state index is 12.6. The number of likely N-dealkylation sites (tertiary alicyclic amines) is 1. The molecule has 0 radical (unpaired) electrons. The molecule has 1 atom stereocenters. The van der Waals surface area contributed by atoms with Crippen molar-refractivity contribution in [2.75, 3.05) is 59.9 Å². The standard InChI is InChI=1S/C14H26N4O3/c1-15(2)10-12-4-3-5-18(12)14(21)17-8-6-16(7-9-17)11-13(19)20/h12H,3-11H2,1-2H3,(H,19,20). The van der Waals surface area contributed by atoms with Crippen molar-refractivity contribution in [1.29, 1.82) is 0 Å². The van der Waals surface area contributed by atoms with E-state index in [0.29, 0.717) is 32.2 Å². The number of aliphatic carboxylic acids is 1. The van der Waals surface area contributed by atoms with Crippen molar-refractivity contribution < 1.29 is 14.7 Å². The largest absolute Gasteiger partial charge is 0.480 e. The van der Waals surface area contributed by atoms with Crippen molar-refractivity contribution in [2.24, 2.45) is 0 Å². The normalized spacial score (nSPS) is 23.9. The lowest BCUT2D eigenvalue weighted by Crippen LogP contribution is -2.55. The van der Waals surface area contributed by atoms with Crippen LogP contribution in [0.2, 0.25) is 0 Å². The Bertz CT molecular complexity index is 380. The van der Waals surface area contributed by atoms with Gasteiger partial charge in [0.1, 0.15) is 0 Å². The lowest BCUT2D eigenvalue weighted by molar-refractivity contribution is -0.138. The number of hydrogen-bond acceptors (Lipinski definition) is 4. The quantitative estimate of drug-likeness (QED) is 0.781. The van der Waals surface area contributed by atoms with Crippen molar-refractivity contribution in [3.05, 3.63) is 0 Å². The molecule has 1 unspecified atom stereocenters. The minimum absolute atomic E-state index is 0.0645. The summed E-state index contributed by atoms with van der Waals surface area (Å²) in [4.78, 5) is 31.2. The fraction of sp³-hybridized carbons (Fsp3) is 0.857. The van der Waals surface area contributed by atoms with Crippen LogP contribution < -0.4 is 0 Å². The second-order valence-electron chi connectivity index (χ2n) is 6.19. The third-order valence-electron chi connectivity index (χ3n) is 4.20. The first kappa shape index (κ1) is 16.0. The number of piperazine rings is 1. The second kappa shape index (κ2) is 7.09. The van der Waals surface area contributed by atoms with Crippen LogP contribution in [-0.4, -0.2) is 103 Å². The lowest BCUT2D eigenvalue weighted by atomic mass is 10.2. The average Bonchev–Trinajstić information content (AvgIpc) is 2.85. The van der Waals surface area contributed by atoms with Crippen LogP contribution >= 0.6 is 0 Å². The minimum atomic E-state index is -0.805. The second-order valence-corrected chi connectivity index (χ2v) is 6.19. The Morgan fingerprint density at radius 3 is 2.38 bits per heavy atom. The molecule has 0 spiro atoms. The summed E-state index contributed by atoms with van der Waals surface area (Å²) in [7, 11) is 4.07. The molecule has 0 aliphatic carbocycles. The molecule has 2 rings (SSSR count).